The second-order valence-electron chi connectivity index (χ2n) is 5.04. The normalized spacial score (nSPS) is 10.4. The fraction of sp³-hybridized carbons (Fsp3) is 0.111. The Balaban J connectivity index is 1.93. The third-order valence-electron chi connectivity index (χ3n) is 3.37. The number of esters is 1. The number of ether oxygens (including phenoxy) is 1. The number of carbonyl (C=O) groups excluding carboxylic acids is 1. The van der Waals surface area contributed by atoms with Crippen molar-refractivity contribution in [3.05, 3.63) is 65.3 Å². The largest absolute Gasteiger partial charge is 0.469 e. The van der Waals surface area contributed by atoms with Gasteiger partial charge in [0.15, 0.2) is 5.13 Å². The summed E-state index contributed by atoms with van der Waals surface area (Å²) in [6.45, 7) is 0. The lowest BCUT2D eigenvalue weighted by molar-refractivity contribution is -0.139. The molecule has 0 bridgehead atoms. The third kappa shape index (κ3) is 3.78. The summed E-state index contributed by atoms with van der Waals surface area (Å²) in [5.74, 6) is -0.611. The van der Waals surface area contributed by atoms with Crippen molar-refractivity contribution in [2.24, 2.45) is 0 Å². The number of nitrogens with zero attached hydrogens (tertiary/aromatic N) is 1. The molecule has 3 aromatic rings. The maximum atomic E-state index is 13.0. The van der Waals surface area contributed by atoms with Gasteiger partial charge in [0, 0.05) is 16.1 Å². The SMILES string of the molecule is COC(=O)Cc1sc(Nc2ccc(F)cc2)nc1-c1ccccc1. The van der Waals surface area contributed by atoms with Crippen LogP contribution in [0.2, 0.25) is 0 Å². The molecule has 0 spiro atoms. The molecule has 0 saturated heterocycles. The molecule has 1 heterocycles. The summed E-state index contributed by atoms with van der Waals surface area (Å²) in [4.78, 5) is 17.1. The van der Waals surface area contributed by atoms with Crippen LogP contribution in [-0.4, -0.2) is 18.1 Å². The zero-order valence-corrected chi connectivity index (χ0v) is 13.8. The van der Waals surface area contributed by atoms with Crippen LogP contribution in [-0.2, 0) is 16.0 Å². The lowest BCUT2D eigenvalue weighted by Gasteiger charge is -2.01. The number of hydrogen-bond acceptors (Lipinski definition) is 5. The first-order valence-corrected chi connectivity index (χ1v) is 8.12. The van der Waals surface area contributed by atoms with Gasteiger partial charge in [0.1, 0.15) is 5.82 Å². The van der Waals surface area contributed by atoms with Crippen molar-refractivity contribution in [3.63, 3.8) is 0 Å². The number of thiazole rings is 1. The van der Waals surface area contributed by atoms with Gasteiger partial charge in [0.05, 0.1) is 19.2 Å². The van der Waals surface area contributed by atoms with Crippen LogP contribution in [0.15, 0.2) is 54.6 Å². The Morgan fingerprint density at radius 3 is 2.54 bits per heavy atom. The summed E-state index contributed by atoms with van der Waals surface area (Å²) >= 11 is 1.38. The molecule has 3 rings (SSSR count). The van der Waals surface area contributed by atoms with E-state index in [9.17, 15) is 9.18 Å². The lowest BCUT2D eigenvalue weighted by atomic mass is 10.1. The van der Waals surface area contributed by atoms with Gasteiger partial charge in [-0.2, -0.15) is 0 Å². The Morgan fingerprint density at radius 2 is 1.88 bits per heavy atom. The van der Waals surface area contributed by atoms with Gasteiger partial charge in [-0.05, 0) is 24.3 Å². The molecule has 24 heavy (non-hydrogen) atoms. The second kappa shape index (κ2) is 7.23. The van der Waals surface area contributed by atoms with Gasteiger partial charge in [0.25, 0.3) is 0 Å². The van der Waals surface area contributed by atoms with E-state index in [1.165, 1.54) is 30.6 Å². The topological polar surface area (TPSA) is 51.2 Å². The molecule has 0 amide bonds. The van der Waals surface area contributed by atoms with Crippen molar-refractivity contribution in [1.29, 1.82) is 0 Å². The number of anilines is 2. The molecule has 1 aromatic heterocycles. The highest BCUT2D eigenvalue weighted by Gasteiger charge is 2.16. The van der Waals surface area contributed by atoms with E-state index in [-0.39, 0.29) is 18.2 Å². The van der Waals surface area contributed by atoms with Gasteiger partial charge in [-0.15, -0.1) is 11.3 Å². The van der Waals surface area contributed by atoms with E-state index >= 15 is 0 Å². The first kappa shape index (κ1) is 16.1. The van der Waals surface area contributed by atoms with Crippen LogP contribution in [0, 0.1) is 5.82 Å². The zero-order valence-electron chi connectivity index (χ0n) is 13.0. The molecule has 0 aliphatic heterocycles. The van der Waals surface area contributed by atoms with Gasteiger partial charge in [-0.25, -0.2) is 9.37 Å². The average Bonchev–Trinajstić information content (AvgIpc) is 3.00. The fourth-order valence-corrected chi connectivity index (χ4v) is 3.20. The summed E-state index contributed by atoms with van der Waals surface area (Å²) in [5, 5.41) is 3.78. The van der Waals surface area contributed by atoms with Gasteiger partial charge in [0.2, 0.25) is 0 Å². The molecule has 0 fully saturated rings. The van der Waals surface area contributed by atoms with Crippen LogP contribution in [0.25, 0.3) is 11.3 Å². The molecule has 0 atom stereocenters. The minimum absolute atomic E-state index is 0.156. The summed E-state index contributed by atoms with van der Waals surface area (Å²) < 4.78 is 17.8. The van der Waals surface area contributed by atoms with E-state index in [1.807, 2.05) is 30.3 Å². The minimum atomic E-state index is -0.316. The van der Waals surface area contributed by atoms with E-state index in [2.05, 4.69) is 10.3 Å². The standard InChI is InChI=1S/C18H15FN2O2S/c1-23-16(22)11-15-17(12-5-3-2-4-6-12)21-18(24-15)20-14-9-7-13(19)8-10-14/h2-10H,11H2,1H3,(H,20,21). The highest BCUT2D eigenvalue weighted by atomic mass is 32.1. The highest BCUT2D eigenvalue weighted by Crippen LogP contribution is 2.33. The Labute approximate surface area is 142 Å². The fourth-order valence-electron chi connectivity index (χ4n) is 2.21. The average molecular weight is 342 g/mol. The molecule has 0 radical (unpaired) electrons. The maximum Gasteiger partial charge on any atom is 0.310 e. The van der Waals surface area contributed by atoms with E-state index in [4.69, 9.17) is 4.74 Å². The highest BCUT2D eigenvalue weighted by molar-refractivity contribution is 7.16. The Morgan fingerprint density at radius 1 is 1.17 bits per heavy atom. The molecule has 122 valence electrons. The number of methoxy groups -OCH3 is 1. The Kier molecular flexibility index (Phi) is 4.86. The van der Waals surface area contributed by atoms with E-state index in [0.29, 0.717) is 5.13 Å². The Hall–Kier alpha value is -2.73. The molecule has 0 aliphatic carbocycles. The van der Waals surface area contributed by atoms with Crippen molar-refractivity contribution in [2.75, 3.05) is 12.4 Å². The number of benzene rings is 2. The van der Waals surface area contributed by atoms with Crippen molar-refractivity contribution in [1.82, 2.24) is 4.98 Å². The number of aromatic nitrogens is 1. The molecule has 6 heteroatoms. The minimum Gasteiger partial charge on any atom is -0.469 e. The van der Waals surface area contributed by atoms with Crippen LogP contribution < -0.4 is 5.32 Å². The zero-order chi connectivity index (χ0) is 16.9. The van der Waals surface area contributed by atoms with Gasteiger partial charge < -0.3 is 10.1 Å². The van der Waals surface area contributed by atoms with Gasteiger partial charge in [-0.3, -0.25) is 4.79 Å². The lowest BCUT2D eigenvalue weighted by Crippen LogP contribution is -2.03. The number of hydrogen-bond donors (Lipinski definition) is 1. The first-order valence-electron chi connectivity index (χ1n) is 7.30. The smallest absolute Gasteiger partial charge is 0.310 e. The monoisotopic (exact) mass is 342 g/mol. The molecule has 2 aromatic carbocycles. The summed E-state index contributed by atoms with van der Waals surface area (Å²) in [5.41, 5.74) is 2.41. The molecule has 0 unspecified atom stereocenters. The molecule has 0 aliphatic rings. The second-order valence-corrected chi connectivity index (χ2v) is 6.13. The van der Waals surface area contributed by atoms with Crippen LogP contribution in [0.5, 0.6) is 0 Å². The molecule has 0 saturated carbocycles. The van der Waals surface area contributed by atoms with Crippen molar-refractivity contribution in [2.45, 2.75) is 6.42 Å². The molecule has 4 nitrogen and oxygen atoms in total. The summed E-state index contributed by atoms with van der Waals surface area (Å²) in [6, 6.07) is 15.7. The van der Waals surface area contributed by atoms with Gasteiger partial charge >= 0.3 is 5.97 Å². The predicted molar refractivity (Wildman–Crippen MR) is 93.0 cm³/mol. The van der Waals surface area contributed by atoms with Crippen molar-refractivity contribution in [3.8, 4) is 11.3 Å². The Bertz CT molecular complexity index is 832. The quantitative estimate of drug-likeness (QED) is 0.698. The van der Waals surface area contributed by atoms with E-state index < -0.39 is 0 Å². The number of rotatable bonds is 5. The van der Waals surface area contributed by atoms with Crippen molar-refractivity contribution >= 4 is 28.1 Å². The predicted octanol–water partition coefficient (Wildman–Crippen LogP) is 4.41. The van der Waals surface area contributed by atoms with E-state index in [0.717, 1.165) is 21.8 Å². The van der Waals surface area contributed by atoms with Crippen LogP contribution in [0.4, 0.5) is 15.2 Å². The van der Waals surface area contributed by atoms with Crippen LogP contribution >= 0.6 is 11.3 Å². The molecular formula is C18H15FN2O2S. The molecular weight excluding hydrogens is 327 g/mol. The van der Waals surface area contributed by atoms with Crippen LogP contribution in [0.3, 0.4) is 0 Å². The van der Waals surface area contributed by atoms with Gasteiger partial charge in [-0.1, -0.05) is 30.3 Å². The molecule has 1 N–H and O–H groups in total. The number of halogens is 1. The first-order chi connectivity index (χ1) is 11.7. The maximum absolute atomic E-state index is 13.0. The third-order valence-corrected chi connectivity index (χ3v) is 4.34. The summed E-state index contributed by atoms with van der Waals surface area (Å²) in [6.07, 6.45) is 0.156. The van der Waals surface area contributed by atoms with E-state index in [1.54, 1.807) is 12.1 Å². The number of carbonyl (C=O) groups is 1. The van der Waals surface area contributed by atoms with Crippen molar-refractivity contribution < 1.29 is 13.9 Å². The van der Waals surface area contributed by atoms with Crippen LogP contribution in [0.1, 0.15) is 4.88 Å². The summed E-state index contributed by atoms with van der Waals surface area (Å²) in [7, 11) is 1.36. The number of nitrogens with one attached hydrogen (secondary N) is 1.